The van der Waals surface area contributed by atoms with Crippen LogP contribution in [0.4, 0.5) is 5.82 Å². The summed E-state index contributed by atoms with van der Waals surface area (Å²) in [4.78, 5) is 15.6. The van der Waals surface area contributed by atoms with Gasteiger partial charge in [0.1, 0.15) is 17.7 Å². The molecule has 0 aromatic carbocycles. The summed E-state index contributed by atoms with van der Waals surface area (Å²) in [6.45, 7) is 5.69. The lowest BCUT2D eigenvalue weighted by Gasteiger charge is -2.36. The van der Waals surface area contributed by atoms with E-state index < -0.39 is 6.10 Å². The fraction of sp³-hybridized carbons (Fsp3) is 0.562. The van der Waals surface area contributed by atoms with Crippen LogP contribution in [0.2, 0.25) is 0 Å². The molecule has 2 aromatic heterocycles. The van der Waals surface area contributed by atoms with Gasteiger partial charge >= 0.3 is 0 Å². The van der Waals surface area contributed by atoms with Crippen molar-refractivity contribution < 1.29 is 5.11 Å². The van der Waals surface area contributed by atoms with Crippen molar-refractivity contribution in [3.8, 4) is 0 Å². The second-order valence-corrected chi connectivity index (χ2v) is 6.11. The summed E-state index contributed by atoms with van der Waals surface area (Å²) in [7, 11) is 1.92. The number of piperidine rings is 1. The molecule has 22 heavy (non-hydrogen) atoms. The van der Waals surface area contributed by atoms with E-state index in [9.17, 15) is 5.11 Å². The van der Waals surface area contributed by atoms with Crippen molar-refractivity contribution in [1.82, 2.24) is 19.5 Å². The minimum atomic E-state index is -0.541. The van der Waals surface area contributed by atoms with Gasteiger partial charge in [0.25, 0.3) is 0 Å². The van der Waals surface area contributed by atoms with Gasteiger partial charge in [0, 0.05) is 44.6 Å². The van der Waals surface area contributed by atoms with Gasteiger partial charge in [-0.05, 0) is 26.7 Å². The number of imidazole rings is 1. The van der Waals surface area contributed by atoms with E-state index in [0.29, 0.717) is 0 Å². The maximum atomic E-state index is 10.7. The molecule has 1 aliphatic rings. The molecule has 1 saturated heterocycles. The van der Waals surface area contributed by atoms with Crippen LogP contribution in [0.25, 0.3) is 0 Å². The maximum absolute atomic E-state index is 10.7. The molecule has 0 amide bonds. The van der Waals surface area contributed by atoms with Crippen LogP contribution >= 0.6 is 0 Å². The first-order valence-corrected chi connectivity index (χ1v) is 7.76. The highest BCUT2D eigenvalue weighted by atomic mass is 16.3. The second-order valence-electron chi connectivity index (χ2n) is 6.11. The Kier molecular flexibility index (Phi) is 4.11. The van der Waals surface area contributed by atoms with Crippen molar-refractivity contribution in [3.63, 3.8) is 0 Å². The van der Waals surface area contributed by atoms with Gasteiger partial charge in [0.15, 0.2) is 0 Å². The molecule has 0 bridgehead atoms. The maximum Gasteiger partial charge on any atom is 0.150 e. The number of aliphatic hydroxyl groups is 1. The monoisotopic (exact) mass is 301 g/mol. The number of hydrogen-bond donors (Lipinski definition) is 1. The largest absolute Gasteiger partial charge is 0.385 e. The fourth-order valence-corrected chi connectivity index (χ4v) is 3.16. The summed E-state index contributed by atoms with van der Waals surface area (Å²) >= 11 is 0. The molecule has 0 radical (unpaired) electrons. The van der Waals surface area contributed by atoms with Crippen LogP contribution in [0, 0.1) is 19.8 Å². The molecule has 6 heteroatoms. The molecule has 6 nitrogen and oxygen atoms in total. The molecule has 1 aliphatic heterocycles. The summed E-state index contributed by atoms with van der Waals surface area (Å²) in [5, 5.41) is 10.7. The van der Waals surface area contributed by atoms with Gasteiger partial charge in [-0.2, -0.15) is 0 Å². The first kappa shape index (κ1) is 15.0. The molecule has 2 aromatic rings. The molecule has 3 heterocycles. The molecular weight excluding hydrogens is 278 g/mol. The Bertz CT molecular complexity index is 654. The minimum absolute atomic E-state index is 0.163. The molecule has 0 unspecified atom stereocenters. The van der Waals surface area contributed by atoms with E-state index in [2.05, 4.69) is 19.9 Å². The highest BCUT2D eigenvalue weighted by Crippen LogP contribution is 2.31. The average Bonchev–Trinajstić information content (AvgIpc) is 2.95. The highest BCUT2D eigenvalue weighted by Gasteiger charge is 2.30. The lowest BCUT2D eigenvalue weighted by atomic mass is 9.92. The topological polar surface area (TPSA) is 67.1 Å². The van der Waals surface area contributed by atoms with Crippen molar-refractivity contribution in [1.29, 1.82) is 0 Å². The van der Waals surface area contributed by atoms with Crippen LogP contribution in [0.1, 0.15) is 36.2 Å². The third-order valence-electron chi connectivity index (χ3n) is 4.38. The zero-order chi connectivity index (χ0) is 15.7. The van der Waals surface area contributed by atoms with Crippen LogP contribution in [0.3, 0.4) is 0 Å². The Labute approximate surface area is 130 Å². The van der Waals surface area contributed by atoms with Gasteiger partial charge in [-0.3, -0.25) is 4.98 Å². The highest BCUT2D eigenvalue weighted by molar-refractivity contribution is 5.43. The van der Waals surface area contributed by atoms with Gasteiger partial charge in [-0.1, -0.05) is 0 Å². The zero-order valence-electron chi connectivity index (χ0n) is 13.4. The molecule has 0 aliphatic carbocycles. The molecule has 118 valence electrons. The van der Waals surface area contributed by atoms with E-state index in [1.165, 1.54) is 0 Å². The summed E-state index contributed by atoms with van der Waals surface area (Å²) < 4.78 is 1.89. The Hall–Kier alpha value is -1.95. The third kappa shape index (κ3) is 2.83. The Morgan fingerprint density at radius 3 is 2.86 bits per heavy atom. The van der Waals surface area contributed by atoms with Crippen molar-refractivity contribution in [3.05, 3.63) is 35.8 Å². The van der Waals surface area contributed by atoms with Gasteiger partial charge in [-0.25, -0.2) is 9.97 Å². The molecule has 0 saturated carbocycles. The van der Waals surface area contributed by atoms with E-state index in [0.717, 1.165) is 49.0 Å². The summed E-state index contributed by atoms with van der Waals surface area (Å²) in [5.74, 6) is 1.84. The summed E-state index contributed by atoms with van der Waals surface area (Å²) in [6.07, 6.45) is 6.90. The lowest BCUT2D eigenvalue weighted by Crippen LogP contribution is -2.39. The fourth-order valence-electron chi connectivity index (χ4n) is 3.16. The standard InChI is InChI=1S/C16H23N5O/c1-11-9-18-12(2)15(19-11)21-7-4-5-13(10-21)14(22)16-17-6-8-20(16)3/h6,8-9,13-14,22H,4-5,7,10H2,1-3H3/t13-,14-/m1/s1. The van der Waals surface area contributed by atoms with E-state index in [-0.39, 0.29) is 5.92 Å². The Morgan fingerprint density at radius 2 is 2.14 bits per heavy atom. The van der Waals surface area contributed by atoms with Crippen molar-refractivity contribution >= 4 is 5.82 Å². The molecule has 1 fully saturated rings. The number of aryl methyl sites for hydroxylation is 3. The van der Waals surface area contributed by atoms with E-state index in [4.69, 9.17) is 0 Å². The predicted octanol–water partition coefficient (Wildman–Crippen LogP) is 1.78. The molecule has 3 rings (SSSR count). The zero-order valence-corrected chi connectivity index (χ0v) is 13.4. The predicted molar refractivity (Wildman–Crippen MR) is 84.6 cm³/mol. The number of nitrogens with zero attached hydrogens (tertiary/aromatic N) is 5. The van der Waals surface area contributed by atoms with Crippen LogP contribution in [-0.4, -0.2) is 37.7 Å². The van der Waals surface area contributed by atoms with Crippen molar-refractivity contribution in [2.75, 3.05) is 18.0 Å². The van der Waals surface area contributed by atoms with Gasteiger partial charge in [0.05, 0.1) is 11.4 Å². The van der Waals surface area contributed by atoms with Crippen LogP contribution in [0.5, 0.6) is 0 Å². The summed E-state index contributed by atoms with van der Waals surface area (Å²) in [5.41, 5.74) is 1.87. The molecule has 2 atom stereocenters. The van der Waals surface area contributed by atoms with Crippen molar-refractivity contribution in [2.24, 2.45) is 13.0 Å². The quantitative estimate of drug-likeness (QED) is 0.936. The molecule has 1 N–H and O–H groups in total. The first-order chi connectivity index (χ1) is 10.6. The van der Waals surface area contributed by atoms with Gasteiger partial charge in [-0.15, -0.1) is 0 Å². The summed E-state index contributed by atoms with van der Waals surface area (Å²) in [6, 6.07) is 0. The number of aromatic nitrogens is 4. The van der Waals surface area contributed by atoms with Gasteiger partial charge < -0.3 is 14.6 Å². The molecule has 0 spiro atoms. The van der Waals surface area contributed by atoms with Crippen LogP contribution < -0.4 is 4.90 Å². The number of anilines is 1. The minimum Gasteiger partial charge on any atom is -0.385 e. The Morgan fingerprint density at radius 1 is 1.32 bits per heavy atom. The van der Waals surface area contributed by atoms with Gasteiger partial charge in [0.2, 0.25) is 0 Å². The van der Waals surface area contributed by atoms with Crippen LogP contribution in [-0.2, 0) is 7.05 Å². The lowest BCUT2D eigenvalue weighted by molar-refractivity contribution is 0.0873. The third-order valence-corrected chi connectivity index (χ3v) is 4.38. The number of rotatable bonds is 3. The Balaban J connectivity index is 1.79. The van der Waals surface area contributed by atoms with E-state index in [1.807, 2.05) is 31.7 Å². The smallest absolute Gasteiger partial charge is 0.150 e. The van der Waals surface area contributed by atoms with E-state index in [1.54, 1.807) is 12.4 Å². The normalized spacial score (nSPS) is 20.2. The SMILES string of the molecule is Cc1cnc(C)c(N2CCC[C@@H]([C@@H](O)c3nccn3C)C2)n1. The molecular formula is C16H23N5O. The second kappa shape index (κ2) is 6.04. The average molecular weight is 301 g/mol. The van der Waals surface area contributed by atoms with E-state index >= 15 is 0 Å². The number of aliphatic hydroxyl groups excluding tert-OH is 1. The van der Waals surface area contributed by atoms with Crippen molar-refractivity contribution in [2.45, 2.75) is 32.8 Å². The first-order valence-electron chi connectivity index (χ1n) is 7.76. The number of hydrogen-bond acceptors (Lipinski definition) is 5. The van der Waals surface area contributed by atoms with Crippen LogP contribution in [0.15, 0.2) is 18.6 Å².